The van der Waals surface area contributed by atoms with Gasteiger partial charge in [0.2, 0.25) is 0 Å². The third-order valence-corrected chi connectivity index (χ3v) is 3.53. The van der Waals surface area contributed by atoms with Crippen LogP contribution in [-0.4, -0.2) is 39.3 Å². The minimum atomic E-state index is -0.116. The van der Waals surface area contributed by atoms with Gasteiger partial charge in [0.25, 0.3) is 5.91 Å². The predicted octanol–water partition coefficient (Wildman–Crippen LogP) is 1.58. The van der Waals surface area contributed by atoms with Gasteiger partial charge < -0.3 is 20.1 Å². The molecule has 110 valence electrons. The first kappa shape index (κ1) is 14.7. The minimum absolute atomic E-state index is 0.116. The molecule has 1 aliphatic heterocycles. The number of hydrogen-bond acceptors (Lipinski definition) is 4. The SMILES string of the molecule is COc1ccc(OC)c(C(=O)NC2CCCCNC2)c1. The largest absolute Gasteiger partial charge is 0.497 e. The molecule has 1 atom stereocenters. The summed E-state index contributed by atoms with van der Waals surface area (Å²) in [4.78, 5) is 12.4. The molecule has 0 spiro atoms. The molecule has 1 amide bonds. The van der Waals surface area contributed by atoms with Gasteiger partial charge >= 0.3 is 0 Å². The molecule has 0 aromatic heterocycles. The van der Waals surface area contributed by atoms with E-state index in [2.05, 4.69) is 10.6 Å². The van der Waals surface area contributed by atoms with E-state index in [1.54, 1.807) is 32.4 Å². The molecule has 5 nitrogen and oxygen atoms in total. The van der Waals surface area contributed by atoms with Gasteiger partial charge in [0.1, 0.15) is 11.5 Å². The summed E-state index contributed by atoms with van der Waals surface area (Å²) in [7, 11) is 3.14. The Hall–Kier alpha value is -1.75. The maximum absolute atomic E-state index is 12.4. The lowest BCUT2D eigenvalue weighted by Gasteiger charge is -2.17. The molecule has 0 radical (unpaired) electrons. The van der Waals surface area contributed by atoms with E-state index in [0.29, 0.717) is 17.1 Å². The maximum Gasteiger partial charge on any atom is 0.255 e. The number of carbonyl (C=O) groups is 1. The fraction of sp³-hybridized carbons (Fsp3) is 0.533. The van der Waals surface area contributed by atoms with Crippen molar-refractivity contribution in [3.8, 4) is 11.5 Å². The summed E-state index contributed by atoms with van der Waals surface area (Å²) in [5, 5.41) is 6.40. The Balaban J connectivity index is 2.10. The first-order valence-corrected chi connectivity index (χ1v) is 6.98. The molecule has 2 N–H and O–H groups in total. The summed E-state index contributed by atoms with van der Waals surface area (Å²) in [6.45, 7) is 1.84. The molecule has 1 aromatic rings. The average molecular weight is 278 g/mol. The van der Waals surface area contributed by atoms with Crippen LogP contribution < -0.4 is 20.1 Å². The van der Waals surface area contributed by atoms with Crippen molar-refractivity contribution in [3.05, 3.63) is 23.8 Å². The molecule has 1 fully saturated rings. The molecule has 0 aliphatic carbocycles. The number of benzene rings is 1. The van der Waals surface area contributed by atoms with Gasteiger partial charge in [-0.1, -0.05) is 6.42 Å². The number of methoxy groups -OCH3 is 2. The second-order valence-electron chi connectivity index (χ2n) is 4.94. The van der Waals surface area contributed by atoms with Crippen molar-refractivity contribution >= 4 is 5.91 Å². The van der Waals surface area contributed by atoms with Gasteiger partial charge in [0, 0.05) is 12.6 Å². The van der Waals surface area contributed by atoms with Gasteiger partial charge in [0.15, 0.2) is 0 Å². The van der Waals surface area contributed by atoms with Crippen molar-refractivity contribution in [2.75, 3.05) is 27.3 Å². The molecule has 1 saturated heterocycles. The lowest BCUT2D eigenvalue weighted by Crippen LogP contribution is -2.40. The van der Waals surface area contributed by atoms with Gasteiger partial charge in [-0.25, -0.2) is 0 Å². The van der Waals surface area contributed by atoms with Crippen LogP contribution in [0.5, 0.6) is 11.5 Å². The lowest BCUT2D eigenvalue weighted by atomic mass is 10.1. The number of carbonyl (C=O) groups excluding carboxylic acids is 1. The Kier molecular flexibility index (Phi) is 5.24. The zero-order valence-corrected chi connectivity index (χ0v) is 12.1. The van der Waals surface area contributed by atoms with Gasteiger partial charge in [-0.2, -0.15) is 0 Å². The van der Waals surface area contributed by atoms with Crippen LogP contribution in [0.3, 0.4) is 0 Å². The van der Waals surface area contributed by atoms with E-state index in [9.17, 15) is 4.79 Å². The number of amides is 1. The molecular formula is C15H22N2O3. The molecule has 1 aliphatic rings. The zero-order chi connectivity index (χ0) is 14.4. The second-order valence-corrected chi connectivity index (χ2v) is 4.94. The predicted molar refractivity (Wildman–Crippen MR) is 77.5 cm³/mol. The standard InChI is InChI=1S/C15H22N2O3/c1-19-12-6-7-14(20-2)13(9-12)15(18)17-11-5-3-4-8-16-10-11/h6-7,9,11,16H,3-5,8,10H2,1-2H3,(H,17,18). The van der Waals surface area contributed by atoms with Crippen LogP contribution in [0.2, 0.25) is 0 Å². The first-order chi connectivity index (χ1) is 9.74. The maximum atomic E-state index is 12.4. The van der Waals surface area contributed by atoms with E-state index in [1.165, 1.54) is 0 Å². The average Bonchev–Trinajstić information content (AvgIpc) is 2.75. The zero-order valence-electron chi connectivity index (χ0n) is 12.1. The Morgan fingerprint density at radius 2 is 2.15 bits per heavy atom. The summed E-state index contributed by atoms with van der Waals surface area (Å²) < 4.78 is 10.4. The van der Waals surface area contributed by atoms with E-state index in [4.69, 9.17) is 9.47 Å². The van der Waals surface area contributed by atoms with Crippen LogP contribution >= 0.6 is 0 Å². The van der Waals surface area contributed by atoms with E-state index in [-0.39, 0.29) is 11.9 Å². The molecule has 0 saturated carbocycles. The molecule has 5 heteroatoms. The molecular weight excluding hydrogens is 256 g/mol. The number of hydrogen-bond donors (Lipinski definition) is 2. The topological polar surface area (TPSA) is 59.6 Å². The highest BCUT2D eigenvalue weighted by Gasteiger charge is 2.18. The Morgan fingerprint density at radius 3 is 2.90 bits per heavy atom. The van der Waals surface area contributed by atoms with Crippen molar-refractivity contribution in [1.29, 1.82) is 0 Å². The van der Waals surface area contributed by atoms with Gasteiger partial charge in [-0.15, -0.1) is 0 Å². The van der Waals surface area contributed by atoms with E-state index in [0.717, 1.165) is 32.4 Å². The molecule has 0 bridgehead atoms. The van der Waals surface area contributed by atoms with E-state index < -0.39 is 0 Å². The third-order valence-electron chi connectivity index (χ3n) is 3.53. The van der Waals surface area contributed by atoms with Crippen LogP contribution in [0.15, 0.2) is 18.2 Å². The first-order valence-electron chi connectivity index (χ1n) is 6.98. The summed E-state index contributed by atoms with van der Waals surface area (Å²) in [6, 6.07) is 5.40. The van der Waals surface area contributed by atoms with Crippen molar-refractivity contribution < 1.29 is 14.3 Å². The minimum Gasteiger partial charge on any atom is -0.497 e. The van der Waals surface area contributed by atoms with Crippen LogP contribution in [-0.2, 0) is 0 Å². The van der Waals surface area contributed by atoms with E-state index >= 15 is 0 Å². The van der Waals surface area contributed by atoms with Crippen molar-refractivity contribution in [3.63, 3.8) is 0 Å². The summed E-state index contributed by atoms with van der Waals surface area (Å²) in [6.07, 6.45) is 3.30. The lowest BCUT2D eigenvalue weighted by molar-refractivity contribution is 0.0932. The Morgan fingerprint density at radius 1 is 1.30 bits per heavy atom. The molecule has 2 rings (SSSR count). The monoisotopic (exact) mass is 278 g/mol. The second kappa shape index (κ2) is 7.14. The van der Waals surface area contributed by atoms with Crippen molar-refractivity contribution in [2.45, 2.75) is 25.3 Å². The number of rotatable bonds is 4. The quantitative estimate of drug-likeness (QED) is 0.878. The third kappa shape index (κ3) is 3.63. The number of ether oxygens (including phenoxy) is 2. The van der Waals surface area contributed by atoms with Crippen LogP contribution in [0.25, 0.3) is 0 Å². The fourth-order valence-electron chi connectivity index (χ4n) is 2.40. The Bertz CT molecular complexity index is 454. The molecule has 1 heterocycles. The van der Waals surface area contributed by atoms with Crippen molar-refractivity contribution in [2.24, 2.45) is 0 Å². The summed E-state index contributed by atoms with van der Waals surface area (Å²) >= 11 is 0. The highest BCUT2D eigenvalue weighted by atomic mass is 16.5. The van der Waals surface area contributed by atoms with E-state index in [1.807, 2.05) is 0 Å². The summed E-state index contributed by atoms with van der Waals surface area (Å²) in [5.41, 5.74) is 0.510. The van der Waals surface area contributed by atoms with Crippen LogP contribution in [0.1, 0.15) is 29.6 Å². The summed E-state index contributed by atoms with van der Waals surface area (Å²) in [5.74, 6) is 1.09. The van der Waals surface area contributed by atoms with Gasteiger partial charge in [-0.3, -0.25) is 4.79 Å². The highest BCUT2D eigenvalue weighted by molar-refractivity contribution is 5.97. The van der Waals surface area contributed by atoms with Crippen LogP contribution in [0, 0.1) is 0 Å². The highest BCUT2D eigenvalue weighted by Crippen LogP contribution is 2.24. The molecule has 1 unspecified atom stereocenters. The van der Waals surface area contributed by atoms with Gasteiger partial charge in [0.05, 0.1) is 19.8 Å². The molecule has 1 aromatic carbocycles. The Labute approximate surface area is 119 Å². The molecule has 20 heavy (non-hydrogen) atoms. The van der Waals surface area contributed by atoms with Crippen molar-refractivity contribution in [1.82, 2.24) is 10.6 Å². The van der Waals surface area contributed by atoms with Gasteiger partial charge in [-0.05, 0) is 37.6 Å². The van der Waals surface area contributed by atoms with Crippen LogP contribution in [0.4, 0.5) is 0 Å². The normalized spacial score (nSPS) is 19.0. The number of nitrogens with one attached hydrogen (secondary N) is 2. The fourth-order valence-corrected chi connectivity index (χ4v) is 2.40. The smallest absolute Gasteiger partial charge is 0.255 e.